The molecule has 1 N–H and O–H groups in total. The zero-order valence-corrected chi connectivity index (χ0v) is 23.1. The average Bonchev–Trinajstić information content (AvgIpc) is 2.75. The van der Waals surface area contributed by atoms with E-state index in [0.29, 0.717) is 10.9 Å². The lowest BCUT2D eigenvalue weighted by Crippen LogP contribution is -2.59. The Balaban J connectivity index is 5.21. The maximum Gasteiger partial charge on any atom is 0.319 e. The molecule has 0 radical (unpaired) electrons. The van der Waals surface area contributed by atoms with Crippen LogP contribution in [0.2, 0.25) is 0 Å². The lowest BCUT2D eigenvalue weighted by Gasteiger charge is -2.43. The SMILES string of the molecule is CCCCCCCC[N+](CCCCCCCC)(CCCCCCCC)C(CC)S(=O)(=O)O. The summed E-state index contributed by atoms with van der Waals surface area (Å²) >= 11 is 0. The van der Waals surface area contributed by atoms with Crippen LogP contribution >= 0.6 is 0 Å². The summed E-state index contributed by atoms with van der Waals surface area (Å²) in [6.45, 7) is 11.3. The standard InChI is InChI=1S/C27H57NO3S/c1-5-9-12-15-18-21-24-28(27(8-4)32(29,30)31,25-22-19-16-13-10-6-2)26-23-20-17-14-11-7-3/h27H,5-26H2,1-4H3/p+1. The Labute approximate surface area is 202 Å². The van der Waals surface area contributed by atoms with Crippen LogP contribution < -0.4 is 0 Å². The number of unbranched alkanes of at least 4 members (excludes halogenated alkanes) is 15. The molecule has 0 aromatic rings. The predicted molar refractivity (Wildman–Crippen MR) is 141 cm³/mol. The quantitative estimate of drug-likeness (QED) is 0.0862. The second kappa shape index (κ2) is 20.3. The van der Waals surface area contributed by atoms with Gasteiger partial charge in [0.25, 0.3) is 0 Å². The third-order valence-corrected chi connectivity index (χ3v) is 8.64. The van der Waals surface area contributed by atoms with Gasteiger partial charge in [0.2, 0.25) is 5.37 Å². The molecule has 0 heterocycles. The fraction of sp³-hybridized carbons (Fsp3) is 1.00. The maximum atomic E-state index is 12.5. The van der Waals surface area contributed by atoms with Crippen LogP contribution in [0.1, 0.15) is 150 Å². The number of hydrogen-bond acceptors (Lipinski definition) is 2. The molecule has 0 saturated heterocycles. The van der Waals surface area contributed by atoms with E-state index < -0.39 is 15.5 Å². The topological polar surface area (TPSA) is 54.4 Å². The van der Waals surface area contributed by atoms with Crippen molar-refractivity contribution in [3.63, 3.8) is 0 Å². The first-order valence-corrected chi connectivity index (χ1v) is 15.7. The fourth-order valence-corrected chi connectivity index (χ4v) is 6.57. The van der Waals surface area contributed by atoms with Gasteiger partial charge in [0, 0.05) is 6.42 Å². The maximum absolute atomic E-state index is 12.5. The Morgan fingerprint density at radius 3 is 1.06 bits per heavy atom. The van der Waals surface area contributed by atoms with Gasteiger partial charge >= 0.3 is 10.1 Å². The van der Waals surface area contributed by atoms with E-state index in [1.165, 1.54) is 96.3 Å². The molecule has 4 nitrogen and oxygen atoms in total. The van der Waals surface area contributed by atoms with Gasteiger partial charge < -0.3 is 4.48 Å². The minimum Gasteiger partial charge on any atom is -0.307 e. The van der Waals surface area contributed by atoms with E-state index in [9.17, 15) is 13.0 Å². The third-order valence-electron chi connectivity index (χ3n) is 7.17. The highest BCUT2D eigenvalue weighted by Crippen LogP contribution is 2.27. The minimum absolute atomic E-state index is 0.500. The van der Waals surface area contributed by atoms with Crippen molar-refractivity contribution in [2.45, 2.75) is 155 Å². The number of nitrogens with zero attached hydrogens (tertiary/aromatic N) is 1. The number of hydrogen-bond donors (Lipinski definition) is 1. The van der Waals surface area contributed by atoms with Crippen molar-refractivity contribution in [3.05, 3.63) is 0 Å². The van der Waals surface area contributed by atoms with Gasteiger partial charge in [0.05, 0.1) is 19.6 Å². The molecule has 0 bridgehead atoms. The Hall–Kier alpha value is -0.130. The highest BCUT2D eigenvalue weighted by molar-refractivity contribution is 7.86. The van der Waals surface area contributed by atoms with E-state index in [2.05, 4.69) is 20.8 Å². The molecular weight excluding hydrogens is 418 g/mol. The minimum atomic E-state index is -4.05. The predicted octanol–water partition coefficient (Wildman–Crippen LogP) is 8.51. The Morgan fingerprint density at radius 1 is 0.531 bits per heavy atom. The second-order valence-electron chi connectivity index (χ2n) is 10.1. The van der Waals surface area contributed by atoms with Crippen molar-refractivity contribution in [3.8, 4) is 0 Å². The zero-order valence-electron chi connectivity index (χ0n) is 22.3. The van der Waals surface area contributed by atoms with Gasteiger partial charge in [-0.2, -0.15) is 8.42 Å². The average molecular weight is 477 g/mol. The summed E-state index contributed by atoms with van der Waals surface area (Å²) in [5.41, 5.74) is 0. The van der Waals surface area contributed by atoms with Crippen LogP contribution in [0.4, 0.5) is 0 Å². The third kappa shape index (κ3) is 14.9. The molecule has 0 aliphatic heterocycles. The Kier molecular flexibility index (Phi) is 20.2. The Morgan fingerprint density at radius 2 is 0.812 bits per heavy atom. The van der Waals surface area contributed by atoms with Gasteiger partial charge in [-0.05, 0) is 38.5 Å². The van der Waals surface area contributed by atoms with E-state index in [0.717, 1.165) is 38.9 Å². The van der Waals surface area contributed by atoms with E-state index in [1.807, 2.05) is 6.92 Å². The van der Waals surface area contributed by atoms with Crippen molar-refractivity contribution < 1.29 is 17.5 Å². The van der Waals surface area contributed by atoms with Gasteiger partial charge in [-0.3, -0.25) is 4.55 Å². The fourth-order valence-electron chi connectivity index (χ4n) is 5.27. The van der Waals surface area contributed by atoms with Crippen molar-refractivity contribution in [2.75, 3.05) is 19.6 Å². The summed E-state index contributed by atoms with van der Waals surface area (Å²) in [5.74, 6) is 0. The summed E-state index contributed by atoms with van der Waals surface area (Å²) < 4.78 is 35.7. The summed E-state index contributed by atoms with van der Waals surface area (Å²) in [6.07, 6.45) is 22.4. The van der Waals surface area contributed by atoms with E-state index in [4.69, 9.17) is 0 Å². The summed E-state index contributed by atoms with van der Waals surface area (Å²) in [5, 5.41) is -0.663. The zero-order chi connectivity index (χ0) is 24.1. The molecule has 0 aromatic heterocycles. The molecule has 0 aromatic carbocycles. The van der Waals surface area contributed by atoms with Crippen LogP contribution in [0.15, 0.2) is 0 Å². The summed E-state index contributed by atoms with van der Waals surface area (Å²) in [7, 11) is -4.05. The molecule has 0 rings (SSSR count). The molecule has 194 valence electrons. The number of quaternary nitrogens is 1. The highest BCUT2D eigenvalue weighted by Gasteiger charge is 2.42. The summed E-state index contributed by atoms with van der Waals surface area (Å²) in [6, 6.07) is 0. The molecule has 0 amide bonds. The first-order chi connectivity index (χ1) is 15.4. The molecule has 1 atom stereocenters. The van der Waals surface area contributed by atoms with Crippen molar-refractivity contribution >= 4 is 10.1 Å². The number of rotatable bonds is 24. The smallest absolute Gasteiger partial charge is 0.307 e. The highest BCUT2D eigenvalue weighted by atomic mass is 32.2. The van der Waals surface area contributed by atoms with Crippen LogP contribution in [0.3, 0.4) is 0 Å². The first-order valence-electron chi connectivity index (χ1n) is 14.2. The lowest BCUT2D eigenvalue weighted by atomic mass is 10.1. The molecule has 0 fully saturated rings. The van der Waals surface area contributed by atoms with Crippen molar-refractivity contribution in [2.24, 2.45) is 0 Å². The van der Waals surface area contributed by atoms with Crippen LogP contribution in [0, 0.1) is 0 Å². The van der Waals surface area contributed by atoms with Crippen LogP contribution in [0.25, 0.3) is 0 Å². The molecule has 0 aliphatic rings. The molecule has 0 saturated carbocycles. The van der Waals surface area contributed by atoms with E-state index in [1.54, 1.807) is 0 Å². The van der Waals surface area contributed by atoms with Crippen molar-refractivity contribution in [1.29, 1.82) is 0 Å². The lowest BCUT2D eigenvalue weighted by molar-refractivity contribution is -0.939. The molecule has 0 spiro atoms. The second-order valence-corrected chi connectivity index (χ2v) is 11.6. The van der Waals surface area contributed by atoms with E-state index >= 15 is 0 Å². The van der Waals surface area contributed by atoms with E-state index in [-0.39, 0.29) is 0 Å². The normalized spacial score (nSPS) is 13.5. The Bertz CT molecular complexity index is 466. The first kappa shape index (κ1) is 31.9. The molecule has 5 heteroatoms. The van der Waals surface area contributed by atoms with Crippen molar-refractivity contribution in [1.82, 2.24) is 0 Å². The molecular formula is C27H58NO3S+. The molecule has 32 heavy (non-hydrogen) atoms. The van der Waals surface area contributed by atoms with Gasteiger partial charge in [0.1, 0.15) is 0 Å². The molecule has 1 unspecified atom stereocenters. The summed E-state index contributed by atoms with van der Waals surface area (Å²) in [4.78, 5) is 0. The van der Waals surface area contributed by atoms with Gasteiger partial charge in [-0.15, -0.1) is 0 Å². The van der Waals surface area contributed by atoms with Crippen LogP contribution in [-0.4, -0.2) is 42.5 Å². The molecule has 0 aliphatic carbocycles. The van der Waals surface area contributed by atoms with Crippen LogP contribution in [0.5, 0.6) is 0 Å². The van der Waals surface area contributed by atoms with Gasteiger partial charge in [-0.1, -0.05) is 105 Å². The van der Waals surface area contributed by atoms with Gasteiger partial charge in [0.15, 0.2) is 0 Å². The van der Waals surface area contributed by atoms with Gasteiger partial charge in [-0.25, -0.2) is 0 Å². The monoisotopic (exact) mass is 476 g/mol. The largest absolute Gasteiger partial charge is 0.319 e. The van der Waals surface area contributed by atoms with Crippen LogP contribution in [-0.2, 0) is 10.1 Å².